The highest BCUT2D eigenvalue weighted by Crippen LogP contribution is 2.32. The van der Waals surface area contributed by atoms with Crippen molar-refractivity contribution in [3.8, 4) is 0 Å². The van der Waals surface area contributed by atoms with Crippen LogP contribution in [-0.2, 0) is 0 Å². The molecule has 3 rings (SSSR count). The molecule has 0 amide bonds. The molecule has 1 unspecified atom stereocenters. The molecule has 0 aromatic heterocycles. The van der Waals surface area contributed by atoms with Gasteiger partial charge in [0.2, 0.25) is 0 Å². The van der Waals surface area contributed by atoms with E-state index >= 15 is 0 Å². The van der Waals surface area contributed by atoms with Gasteiger partial charge >= 0.3 is 0 Å². The van der Waals surface area contributed by atoms with Gasteiger partial charge in [-0.1, -0.05) is 0 Å². The number of nitrogens with zero attached hydrogens (tertiary/aromatic N) is 1. The molecule has 1 N–H and O–H groups in total. The molecule has 0 aliphatic carbocycles. The van der Waals surface area contributed by atoms with Gasteiger partial charge in [-0.25, -0.2) is 0 Å². The summed E-state index contributed by atoms with van der Waals surface area (Å²) in [4.78, 5) is 2.62. The summed E-state index contributed by atoms with van der Waals surface area (Å²) in [6.45, 7) is 4.06. The van der Waals surface area contributed by atoms with Crippen LogP contribution in [0.5, 0.6) is 0 Å². The zero-order chi connectivity index (χ0) is 6.55. The monoisotopic (exact) mass is 138 g/mol. The molecule has 10 heavy (non-hydrogen) atoms. The Kier molecular flexibility index (Phi) is 0.968. The lowest BCUT2D eigenvalue weighted by Gasteiger charge is -2.35. The fraction of sp³-hybridized carbons (Fsp3) is 1.00. The molecule has 0 spiro atoms. The Morgan fingerprint density at radius 3 is 3.30 bits per heavy atom. The van der Waals surface area contributed by atoms with Crippen molar-refractivity contribution in [1.29, 1.82) is 0 Å². The van der Waals surface area contributed by atoms with Gasteiger partial charge in [-0.15, -0.1) is 0 Å². The summed E-state index contributed by atoms with van der Waals surface area (Å²) in [5, 5.41) is 3.70. The zero-order valence-corrected chi connectivity index (χ0v) is 6.21. The van der Waals surface area contributed by atoms with Crippen LogP contribution < -0.4 is 5.32 Å². The van der Waals surface area contributed by atoms with E-state index in [1.807, 2.05) is 0 Å². The van der Waals surface area contributed by atoms with Gasteiger partial charge in [0.15, 0.2) is 0 Å². The summed E-state index contributed by atoms with van der Waals surface area (Å²) < 4.78 is 0. The van der Waals surface area contributed by atoms with Crippen LogP contribution in [0.3, 0.4) is 0 Å². The molecule has 2 heteroatoms. The van der Waals surface area contributed by atoms with Crippen LogP contribution in [0, 0.1) is 5.92 Å². The van der Waals surface area contributed by atoms with E-state index < -0.39 is 0 Å². The van der Waals surface area contributed by atoms with Crippen LogP contribution in [-0.4, -0.2) is 36.6 Å². The van der Waals surface area contributed by atoms with Gasteiger partial charge in [0, 0.05) is 25.2 Å². The number of nitrogens with one attached hydrogen (secondary N) is 1. The Morgan fingerprint density at radius 2 is 2.30 bits per heavy atom. The fourth-order valence-corrected chi connectivity index (χ4v) is 2.91. The molecule has 3 bridgehead atoms. The van der Waals surface area contributed by atoms with Crippen molar-refractivity contribution in [2.75, 3.05) is 19.6 Å². The van der Waals surface area contributed by atoms with Crippen LogP contribution in [0.1, 0.15) is 12.8 Å². The smallest absolute Gasteiger partial charge is 0.0201 e. The van der Waals surface area contributed by atoms with Crippen molar-refractivity contribution < 1.29 is 0 Å². The van der Waals surface area contributed by atoms with E-state index in [0.717, 1.165) is 18.0 Å². The molecule has 3 fully saturated rings. The average molecular weight is 138 g/mol. The van der Waals surface area contributed by atoms with Crippen LogP contribution in [0.4, 0.5) is 0 Å². The maximum Gasteiger partial charge on any atom is 0.0201 e. The first-order chi connectivity index (χ1) is 4.92. The summed E-state index contributed by atoms with van der Waals surface area (Å²) in [6.07, 6.45) is 2.86. The first kappa shape index (κ1) is 5.56. The molecule has 3 aliphatic rings. The van der Waals surface area contributed by atoms with Gasteiger partial charge in [0.05, 0.1) is 0 Å². The first-order valence-electron chi connectivity index (χ1n) is 4.40. The number of fused-ring (bicyclic) bond motifs is 2. The summed E-state index contributed by atoms with van der Waals surface area (Å²) in [5.74, 6) is 1.01. The first-order valence-corrected chi connectivity index (χ1v) is 4.40. The van der Waals surface area contributed by atoms with Crippen LogP contribution in [0.15, 0.2) is 0 Å². The Bertz CT molecular complexity index is 147. The average Bonchev–Trinajstić information content (AvgIpc) is 2.11. The third-order valence-electron chi connectivity index (χ3n) is 3.33. The van der Waals surface area contributed by atoms with Crippen LogP contribution >= 0.6 is 0 Å². The summed E-state index contributed by atoms with van der Waals surface area (Å²) in [7, 11) is 0. The lowest BCUT2D eigenvalue weighted by molar-refractivity contribution is 0.149. The van der Waals surface area contributed by atoms with Gasteiger partial charge in [0.1, 0.15) is 0 Å². The molecule has 4 atom stereocenters. The van der Waals surface area contributed by atoms with E-state index in [-0.39, 0.29) is 0 Å². The van der Waals surface area contributed by atoms with Crippen molar-refractivity contribution in [3.05, 3.63) is 0 Å². The lowest BCUT2D eigenvalue weighted by Crippen LogP contribution is -2.44. The van der Waals surface area contributed by atoms with Crippen LogP contribution in [0.25, 0.3) is 0 Å². The standard InChI is InChI=1S/C8H14N2/c1-2-10-4-6-3-7(5-10)9-8(1)6/h6-9H,1-5H2/t6-,7-,8+/m0/s1. The summed E-state index contributed by atoms with van der Waals surface area (Å²) in [6, 6.07) is 1.75. The highest BCUT2D eigenvalue weighted by molar-refractivity contribution is 5.01. The molecule has 0 aromatic carbocycles. The number of hydrogen-bond donors (Lipinski definition) is 1. The topological polar surface area (TPSA) is 15.3 Å². The van der Waals surface area contributed by atoms with Gasteiger partial charge in [-0.3, -0.25) is 0 Å². The van der Waals surface area contributed by atoms with Gasteiger partial charge < -0.3 is 10.2 Å². The Morgan fingerprint density at radius 1 is 1.30 bits per heavy atom. The van der Waals surface area contributed by atoms with Crippen molar-refractivity contribution in [3.63, 3.8) is 0 Å². The minimum Gasteiger partial charge on any atom is -0.310 e. The normalized spacial score (nSPS) is 57.6. The van der Waals surface area contributed by atoms with E-state index in [1.165, 1.54) is 32.5 Å². The van der Waals surface area contributed by atoms with Crippen molar-refractivity contribution in [1.82, 2.24) is 10.2 Å². The van der Waals surface area contributed by atoms with E-state index in [1.54, 1.807) is 0 Å². The Hall–Kier alpha value is -0.0800. The largest absolute Gasteiger partial charge is 0.310 e. The Labute approximate surface area is 61.6 Å². The molecule has 0 saturated carbocycles. The minimum absolute atomic E-state index is 0.853. The predicted molar refractivity (Wildman–Crippen MR) is 39.9 cm³/mol. The number of rotatable bonds is 0. The third-order valence-corrected chi connectivity index (χ3v) is 3.33. The highest BCUT2D eigenvalue weighted by Gasteiger charge is 2.42. The molecular formula is C8H14N2. The van der Waals surface area contributed by atoms with Gasteiger partial charge in [-0.2, -0.15) is 0 Å². The molecule has 3 heterocycles. The van der Waals surface area contributed by atoms with E-state index in [0.29, 0.717) is 0 Å². The second-order valence-electron chi connectivity index (χ2n) is 4.01. The summed E-state index contributed by atoms with van der Waals surface area (Å²) in [5.41, 5.74) is 0. The molecule has 3 saturated heterocycles. The summed E-state index contributed by atoms with van der Waals surface area (Å²) >= 11 is 0. The Balaban J connectivity index is 1.94. The van der Waals surface area contributed by atoms with E-state index in [2.05, 4.69) is 10.2 Å². The van der Waals surface area contributed by atoms with E-state index in [4.69, 9.17) is 0 Å². The van der Waals surface area contributed by atoms with Crippen LogP contribution in [0.2, 0.25) is 0 Å². The molecule has 0 aromatic rings. The molecular weight excluding hydrogens is 124 g/mol. The molecule has 56 valence electrons. The highest BCUT2D eigenvalue weighted by atomic mass is 15.2. The second kappa shape index (κ2) is 1.74. The lowest BCUT2D eigenvalue weighted by atomic mass is 9.89. The predicted octanol–water partition coefficient (Wildman–Crippen LogP) is 0.0524. The SMILES string of the molecule is C1[C@H]2CN3CC[C@@H](N2)[C@@H]1C3. The maximum atomic E-state index is 3.70. The number of hydrogen-bond acceptors (Lipinski definition) is 2. The van der Waals surface area contributed by atoms with Crippen molar-refractivity contribution in [2.24, 2.45) is 5.92 Å². The fourth-order valence-electron chi connectivity index (χ4n) is 2.91. The molecule has 2 nitrogen and oxygen atoms in total. The second-order valence-corrected chi connectivity index (χ2v) is 4.01. The molecule has 3 aliphatic heterocycles. The zero-order valence-electron chi connectivity index (χ0n) is 6.21. The maximum absolute atomic E-state index is 3.70. The van der Waals surface area contributed by atoms with Crippen molar-refractivity contribution in [2.45, 2.75) is 24.9 Å². The van der Waals surface area contributed by atoms with Gasteiger partial charge in [-0.05, 0) is 25.3 Å². The minimum atomic E-state index is 0.853. The number of piperidine rings is 2. The van der Waals surface area contributed by atoms with Crippen molar-refractivity contribution >= 4 is 0 Å². The third kappa shape index (κ3) is 0.611. The van der Waals surface area contributed by atoms with E-state index in [9.17, 15) is 0 Å². The molecule has 0 radical (unpaired) electrons. The quantitative estimate of drug-likeness (QED) is 0.509. The van der Waals surface area contributed by atoms with Gasteiger partial charge in [0.25, 0.3) is 0 Å².